The predicted molar refractivity (Wildman–Crippen MR) is 64.0 cm³/mol. The number of methoxy groups -OCH3 is 2. The van der Waals surface area contributed by atoms with Crippen molar-refractivity contribution in [1.82, 2.24) is 10.3 Å². The lowest BCUT2D eigenvalue weighted by molar-refractivity contribution is 0.200. The number of nitrogens with zero attached hydrogens (tertiary/aromatic N) is 1. The summed E-state index contributed by atoms with van der Waals surface area (Å²) in [5.74, 6) is 1.54. The van der Waals surface area contributed by atoms with Gasteiger partial charge in [-0.25, -0.2) is 4.98 Å². The first-order valence-corrected chi connectivity index (χ1v) is 5.31. The van der Waals surface area contributed by atoms with Crippen molar-refractivity contribution in [1.29, 1.82) is 0 Å². The van der Waals surface area contributed by atoms with Crippen LogP contribution in [0.15, 0.2) is 18.3 Å². The van der Waals surface area contributed by atoms with Crippen LogP contribution in [0.2, 0.25) is 0 Å². The zero-order chi connectivity index (χ0) is 11.6. The molecule has 2 N–H and O–H groups in total. The fourth-order valence-electron chi connectivity index (χ4n) is 1.26. The summed E-state index contributed by atoms with van der Waals surface area (Å²) in [6.45, 7) is 3.25. The highest BCUT2D eigenvalue weighted by Gasteiger charge is 2.00. The minimum atomic E-state index is 0.729. The zero-order valence-electron chi connectivity index (χ0n) is 9.82. The van der Waals surface area contributed by atoms with Gasteiger partial charge < -0.3 is 20.1 Å². The molecule has 5 nitrogen and oxygen atoms in total. The molecule has 0 amide bonds. The van der Waals surface area contributed by atoms with Crippen LogP contribution in [-0.2, 0) is 4.74 Å². The number of hydrogen-bond donors (Lipinski definition) is 2. The Morgan fingerprint density at radius 1 is 1.25 bits per heavy atom. The fourth-order valence-corrected chi connectivity index (χ4v) is 1.26. The maximum Gasteiger partial charge on any atom is 0.168 e. The molecule has 0 aliphatic carbocycles. The molecule has 1 aromatic heterocycles. The minimum absolute atomic E-state index is 0.729. The van der Waals surface area contributed by atoms with Gasteiger partial charge in [0.25, 0.3) is 0 Å². The summed E-state index contributed by atoms with van der Waals surface area (Å²) < 4.78 is 10.1. The first-order valence-electron chi connectivity index (χ1n) is 5.31. The fraction of sp³-hybridized carbons (Fsp3) is 0.545. The van der Waals surface area contributed by atoms with Crippen LogP contribution >= 0.6 is 0 Å². The van der Waals surface area contributed by atoms with Crippen LogP contribution in [0, 0.1) is 0 Å². The number of rotatable bonds is 8. The average Bonchev–Trinajstić information content (AvgIpc) is 2.34. The summed E-state index contributed by atoms with van der Waals surface area (Å²) in [5.41, 5.74) is 0. The summed E-state index contributed by atoms with van der Waals surface area (Å²) >= 11 is 0. The summed E-state index contributed by atoms with van der Waals surface area (Å²) in [4.78, 5) is 4.19. The van der Waals surface area contributed by atoms with Crippen molar-refractivity contribution in [3.05, 3.63) is 18.3 Å². The Balaban J connectivity index is 2.21. The second kappa shape index (κ2) is 7.90. The molecule has 5 heteroatoms. The van der Waals surface area contributed by atoms with Gasteiger partial charge in [-0.05, 0) is 12.1 Å². The number of pyridine rings is 1. The Kier molecular flexibility index (Phi) is 6.29. The van der Waals surface area contributed by atoms with E-state index in [2.05, 4.69) is 15.6 Å². The number of hydrogen-bond acceptors (Lipinski definition) is 5. The van der Waals surface area contributed by atoms with Gasteiger partial charge in [0.2, 0.25) is 0 Å². The Bertz CT molecular complexity index is 294. The molecule has 1 rings (SSSR count). The molecule has 0 spiro atoms. The van der Waals surface area contributed by atoms with Crippen molar-refractivity contribution >= 4 is 5.82 Å². The van der Waals surface area contributed by atoms with Gasteiger partial charge >= 0.3 is 0 Å². The lowest BCUT2D eigenvalue weighted by atomic mass is 10.4. The summed E-state index contributed by atoms with van der Waals surface area (Å²) in [7, 11) is 3.33. The SMILES string of the molecule is COCCNCCNc1ncccc1OC. The third-order valence-electron chi connectivity index (χ3n) is 2.07. The van der Waals surface area contributed by atoms with Crippen molar-refractivity contribution in [2.45, 2.75) is 0 Å². The molecule has 0 saturated heterocycles. The monoisotopic (exact) mass is 225 g/mol. The highest BCUT2D eigenvalue weighted by atomic mass is 16.5. The van der Waals surface area contributed by atoms with Gasteiger partial charge in [-0.2, -0.15) is 0 Å². The number of anilines is 1. The normalized spacial score (nSPS) is 10.1. The third-order valence-corrected chi connectivity index (χ3v) is 2.07. The van der Waals surface area contributed by atoms with Gasteiger partial charge in [0, 0.05) is 32.9 Å². The Labute approximate surface area is 96.2 Å². The van der Waals surface area contributed by atoms with Crippen molar-refractivity contribution in [2.75, 3.05) is 45.8 Å². The van der Waals surface area contributed by atoms with E-state index in [0.29, 0.717) is 0 Å². The van der Waals surface area contributed by atoms with E-state index >= 15 is 0 Å². The largest absolute Gasteiger partial charge is 0.493 e. The van der Waals surface area contributed by atoms with Crippen molar-refractivity contribution in [3.8, 4) is 5.75 Å². The van der Waals surface area contributed by atoms with Crippen molar-refractivity contribution in [2.24, 2.45) is 0 Å². The molecule has 1 heterocycles. The van der Waals surface area contributed by atoms with E-state index in [-0.39, 0.29) is 0 Å². The van der Waals surface area contributed by atoms with E-state index in [1.54, 1.807) is 20.4 Å². The van der Waals surface area contributed by atoms with E-state index < -0.39 is 0 Å². The van der Waals surface area contributed by atoms with E-state index in [1.807, 2.05) is 12.1 Å². The Morgan fingerprint density at radius 2 is 2.12 bits per heavy atom. The number of aromatic nitrogens is 1. The molecule has 1 aromatic rings. The first-order chi connectivity index (χ1) is 7.88. The van der Waals surface area contributed by atoms with E-state index in [0.717, 1.165) is 37.8 Å². The van der Waals surface area contributed by atoms with Crippen molar-refractivity contribution < 1.29 is 9.47 Å². The molecule has 0 aliphatic heterocycles. The summed E-state index contributed by atoms with van der Waals surface area (Å²) in [5, 5.41) is 6.44. The second-order valence-electron chi connectivity index (χ2n) is 3.22. The van der Waals surface area contributed by atoms with Crippen LogP contribution in [0.1, 0.15) is 0 Å². The van der Waals surface area contributed by atoms with Crippen LogP contribution in [0.4, 0.5) is 5.82 Å². The van der Waals surface area contributed by atoms with E-state index in [1.165, 1.54) is 0 Å². The number of ether oxygens (including phenoxy) is 2. The molecule has 0 aromatic carbocycles. The average molecular weight is 225 g/mol. The predicted octanol–water partition coefficient (Wildman–Crippen LogP) is 0.738. The van der Waals surface area contributed by atoms with E-state index in [9.17, 15) is 0 Å². The quantitative estimate of drug-likeness (QED) is 0.639. The maximum atomic E-state index is 5.18. The van der Waals surface area contributed by atoms with Gasteiger partial charge in [0.15, 0.2) is 11.6 Å². The molecule has 0 bridgehead atoms. The van der Waals surface area contributed by atoms with Crippen molar-refractivity contribution in [3.63, 3.8) is 0 Å². The summed E-state index contributed by atoms with van der Waals surface area (Å²) in [6, 6.07) is 3.73. The highest BCUT2D eigenvalue weighted by Crippen LogP contribution is 2.19. The van der Waals surface area contributed by atoms with Crippen LogP contribution in [0.3, 0.4) is 0 Å². The minimum Gasteiger partial charge on any atom is -0.493 e. The zero-order valence-corrected chi connectivity index (χ0v) is 9.82. The van der Waals surface area contributed by atoms with Gasteiger partial charge in [0.1, 0.15) is 0 Å². The molecule has 16 heavy (non-hydrogen) atoms. The molecule has 0 atom stereocenters. The Hall–Kier alpha value is -1.33. The van der Waals surface area contributed by atoms with Crippen LogP contribution in [0.25, 0.3) is 0 Å². The highest BCUT2D eigenvalue weighted by molar-refractivity contribution is 5.49. The second-order valence-corrected chi connectivity index (χ2v) is 3.22. The van der Waals surface area contributed by atoms with Gasteiger partial charge in [-0.15, -0.1) is 0 Å². The smallest absolute Gasteiger partial charge is 0.168 e. The first kappa shape index (κ1) is 12.7. The molecule has 0 radical (unpaired) electrons. The Morgan fingerprint density at radius 3 is 2.88 bits per heavy atom. The molecular formula is C11H19N3O2. The standard InChI is InChI=1S/C11H19N3O2/c1-15-9-8-12-6-7-14-11-10(16-2)4-3-5-13-11/h3-5,12H,6-9H2,1-2H3,(H,13,14). The molecule has 0 unspecified atom stereocenters. The molecule has 0 aliphatic rings. The van der Waals surface area contributed by atoms with Crippen LogP contribution in [0.5, 0.6) is 5.75 Å². The molecular weight excluding hydrogens is 206 g/mol. The van der Waals surface area contributed by atoms with Crippen LogP contribution < -0.4 is 15.4 Å². The topological polar surface area (TPSA) is 55.4 Å². The molecule has 0 saturated carbocycles. The van der Waals surface area contributed by atoms with Gasteiger partial charge in [-0.3, -0.25) is 0 Å². The maximum absolute atomic E-state index is 5.18. The van der Waals surface area contributed by atoms with E-state index in [4.69, 9.17) is 9.47 Å². The molecule has 0 fully saturated rings. The summed E-state index contributed by atoms with van der Waals surface area (Å²) in [6.07, 6.45) is 1.74. The number of nitrogens with one attached hydrogen (secondary N) is 2. The van der Waals surface area contributed by atoms with Gasteiger partial charge in [-0.1, -0.05) is 0 Å². The lowest BCUT2D eigenvalue weighted by Gasteiger charge is -2.09. The van der Waals surface area contributed by atoms with Crippen LogP contribution in [-0.4, -0.2) is 45.4 Å². The lowest BCUT2D eigenvalue weighted by Crippen LogP contribution is -2.25. The third kappa shape index (κ3) is 4.46. The van der Waals surface area contributed by atoms with Gasteiger partial charge in [0.05, 0.1) is 13.7 Å². The molecule has 90 valence electrons.